The van der Waals surface area contributed by atoms with Gasteiger partial charge in [-0.15, -0.1) is 0 Å². The Bertz CT molecular complexity index is 1090. The Kier molecular flexibility index (Phi) is 5.39. The molecule has 0 spiro atoms. The Labute approximate surface area is 171 Å². The third-order valence-corrected chi connectivity index (χ3v) is 5.24. The molecule has 1 aliphatic rings. The first-order valence-corrected chi connectivity index (χ1v) is 9.56. The van der Waals surface area contributed by atoms with Crippen molar-refractivity contribution in [3.8, 4) is 0 Å². The number of para-hydroxylation sites is 2. The number of aromatic nitrogens is 2. The summed E-state index contributed by atoms with van der Waals surface area (Å²) >= 11 is 0. The van der Waals surface area contributed by atoms with Crippen molar-refractivity contribution >= 4 is 28.0 Å². The van der Waals surface area contributed by atoms with Crippen LogP contribution in [0.2, 0.25) is 0 Å². The summed E-state index contributed by atoms with van der Waals surface area (Å²) in [5.41, 5.74) is 2.44. The lowest BCUT2D eigenvalue weighted by Crippen LogP contribution is -2.58. The summed E-state index contributed by atoms with van der Waals surface area (Å²) in [6.07, 6.45) is -7.45. The van der Waals surface area contributed by atoms with Crippen molar-refractivity contribution in [1.82, 2.24) is 9.97 Å². The molecule has 158 valence electrons. The number of nitrogens with zero attached hydrogens (tertiary/aromatic N) is 2. The molecule has 0 amide bonds. The fourth-order valence-corrected chi connectivity index (χ4v) is 3.58. The summed E-state index contributed by atoms with van der Waals surface area (Å²) in [5.74, 6) is -0.828. The van der Waals surface area contributed by atoms with E-state index >= 15 is 0 Å². The SMILES string of the molecule is C[C@H](O)c1cccc2nc3c(C(=O)O[C@@H]4[C@@H](O)[C@H](C)O[C@@H](O)[C@H]4O)cccc3nc12. The van der Waals surface area contributed by atoms with Gasteiger partial charge in [0.25, 0.3) is 0 Å². The molecule has 6 atom stereocenters. The first-order valence-electron chi connectivity index (χ1n) is 9.56. The lowest BCUT2D eigenvalue weighted by Gasteiger charge is -2.38. The third kappa shape index (κ3) is 3.51. The topological polar surface area (TPSA) is 142 Å². The van der Waals surface area contributed by atoms with Gasteiger partial charge in [-0.1, -0.05) is 18.2 Å². The molecular formula is C21H22N2O7. The standard InChI is InChI=1S/C21H22N2O7/c1-9(24)11-5-3-7-13-15(11)22-14-8-4-6-12(16(14)23-13)20(27)30-19-17(25)10(2)29-21(28)18(19)26/h3-10,17-19,21,24-26,28H,1-2H3/t9-,10-,17-,18-,19+,21+/m0/s1. The van der Waals surface area contributed by atoms with Crippen molar-refractivity contribution in [3.05, 3.63) is 47.5 Å². The Balaban J connectivity index is 1.74. The molecule has 0 aliphatic carbocycles. The minimum absolute atomic E-state index is 0.0948. The van der Waals surface area contributed by atoms with E-state index in [1.54, 1.807) is 37.3 Å². The first kappa shape index (κ1) is 20.6. The van der Waals surface area contributed by atoms with Gasteiger partial charge in [-0.05, 0) is 32.0 Å². The van der Waals surface area contributed by atoms with Gasteiger partial charge in [0.1, 0.15) is 17.7 Å². The lowest BCUT2D eigenvalue weighted by atomic mass is 9.99. The molecule has 0 unspecified atom stereocenters. The number of aliphatic hydroxyl groups excluding tert-OH is 4. The summed E-state index contributed by atoms with van der Waals surface area (Å²) in [6.45, 7) is 3.13. The van der Waals surface area contributed by atoms with Gasteiger partial charge >= 0.3 is 5.97 Å². The summed E-state index contributed by atoms with van der Waals surface area (Å²) in [4.78, 5) is 22.0. The van der Waals surface area contributed by atoms with Gasteiger partial charge in [0, 0.05) is 5.56 Å². The van der Waals surface area contributed by atoms with E-state index in [1.165, 1.54) is 13.0 Å². The number of ether oxygens (including phenoxy) is 2. The van der Waals surface area contributed by atoms with Crippen molar-refractivity contribution in [2.75, 3.05) is 0 Å². The fraction of sp³-hybridized carbons (Fsp3) is 0.381. The average Bonchev–Trinajstić information content (AvgIpc) is 2.72. The number of hydrogen-bond acceptors (Lipinski definition) is 9. The van der Waals surface area contributed by atoms with E-state index in [-0.39, 0.29) is 11.1 Å². The van der Waals surface area contributed by atoms with Crippen LogP contribution in [0.3, 0.4) is 0 Å². The minimum atomic E-state index is -1.60. The molecule has 2 aromatic carbocycles. The molecule has 0 bridgehead atoms. The van der Waals surface area contributed by atoms with Crippen molar-refractivity contribution in [2.45, 2.75) is 50.7 Å². The van der Waals surface area contributed by atoms with Crippen LogP contribution in [0.1, 0.15) is 35.9 Å². The van der Waals surface area contributed by atoms with Crippen LogP contribution in [-0.2, 0) is 9.47 Å². The minimum Gasteiger partial charge on any atom is -0.453 e. The third-order valence-electron chi connectivity index (χ3n) is 5.24. The maximum atomic E-state index is 12.9. The smallest absolute Gasteiger partial charge is 0.340 e. The number of esters is 1. The second-order valence-corrected chi connectivity index (χ2v) is 7.37. The zero-order valence-electron chi connectivity index (χ0n) is 16.3. The molecule has 1 aliphatic heterocycles. The number of hydrogen-bond donors (Lipinski definition) is 4. The number of carbonyl (C=O) groups excluding carboxylic acids is 1. The van der Waals surface area contributed by atoms with Gasteiger partial charge in [0.15, 0.2) is 12.4 Å². The molecule has 3 aromatic rings. The molecule has 1 fully saturated rings. The summed E-state index contributed by atoms with van der Waals surface area (Å²) in [5, 5.41) is 40.1. The summed E-state index contributed by atoms with van der Waals surface area (Å²) < 4.78 is 10.3. The van der Waals surface area contributed by atoms with Crippen molar-refractivity contribution in [3.63, 3.8) is 0 Å². The molecular weight excluding hydrogens is 392 g/mol. The Morgan fingerprint density at radius 3 is 2.37 bits per heavy atom. The first-order chi connectivity index (χ1) is 14.3. The average molecular weight is 414 g/mol. The van der Waals surface area contributed by atoms with Gasteiger partial charge < -0.3 is 29.9 Å². The van der Waals surface area contributed by atoms with Crippen LogP contribution in [0.5, 0.6) is 0 Å². The van der Waals surface area contributed by atoms with E-state index in [4.69, 9.17) is 9.47 Å². The van der Waals surface area contributed by atoms with E-state index < -0.39 is 42.8 Å². The predicted octanol–water partition coefficient (Wildman–Crippen LogP) is 0.821. The highest BCUT2D eigenvalue weighted by molar-refractivity contribution is 6.03. The van der Waals surface area contributed by atoms with E-state index in [2.05, 4.69) is 9.97 Å². The van der Waals surface area contributed by atoms with Gasteiger partial charge in [0.05, 0.1) is 34.3 Å². The van der Waals surface area contributed by atoms with Crippen molar-refractivity contribution in [1.29, 1.82) is 0 Å². The van der Waals surface area contributed by atoms with Crippen LogP contribution >= 0.6 is 0 Å². The van der Waals surface area contributed by atoms with Crippen LogP contribution in [0.25, 0.3) is 22.1 Å². The monoisotopic (exact) mass is 414 g/mol. The van der Waals surface area contributed by atoms with Gasteiger partial charge in [-0.25, -0.2) is 14.8 Å². The number of carbonyl (C=O) groups is 1. The van der Waals surface area contributed by atoms with Gasteiger partial charge in [0.2, 0.25) is 0 Å². The van der Waals surface area contributed by atoms with E-state index in [0.29, 0.717) is 22.1 Å². The number of benzene rings is 2. The highest BCUT2D eigenvalue weighted by Crippen LogP contribution is 2.27. The van der Waals surface area contributed by atoms with E-state index in [0.717, 1.165) is 0 Å². The maximum absolute atomic E-state index is 12.9. The van der Waals surface area contributed by atoms with E-state index in [9.17, 15) is 25.2 Å². The fourth-order valence-electron chi connectivity index (χ4n) is 3.58. The van der Waals surface area contributed by atoms with Crippen molar-refractivity contribution < 1.29 is 34.7 Å². The Morgan fingerprint density at radius 2 is 1.67 bits per heavy atom. The largest absolute Gasteiger partial charge is 0.453 e. The number of aliphatic hydroxyl groups is 4. The molecule has 4 rings (SSSR count). The number of rotatable bonds is 3. The predicted molar refractivity (Wildman–Crippen MR) is 105 cm³/mol. The van der Waals surface area contributed by atoms with Crippen LogP contribution in [-0.4, -0.2) is 67.1 Å². The molecule has 1 saturated heterocycles. The molecule has 9 heteroatoms. The van der Waals surface area contributed by atoms with Gasteiger partial charge in [-0.2, -0.15) is 0 Å². The van der Waals surface area contributed by atoms with Crippen LogP contribution in [0.15, 0.2) is 36.4 Å². The zero-order chi connectivity index (χ0) is 21.6. The van der Waals surface area contributed by atoms with E-state index in [1.807, 2.05) is 0 Å². The molecule has 4 N–H and O–H groups in total. The van der Waals surface area contributed by atoms with Crippen LogP contribution < -0.4 is 0 Å². The highest BCUT2D eigenvalue weighted by Gasteiger charge is 2.44. The Hall–Kier alpha value is -2.69. The zero-order valence-corrected chi connectivity index (χ0v) is 16.3. The Morgan fingerprint density at radius 1 is 1.03 bits per heavy atom. The molecule has 0 saturated carbocycles. The summed E-state index contributed by atoms with van der Waals surface area (Å²) in [7, 11) is 0. The second kappa shape index (κ2) is 7.86. The lowest BCUT2D eigenvalue weighted by molar-refractivity contribution is -0.276. The molecule has 30 heavy (non-hydrogen) atoms. The maximum Gasteiger partial charge on any atom is 0.340 e. The molecule has 2 heterocycles. The van der Waals surface area contributed by atoms with Gasteiger partial charge in [-0.3, -0.25) is 0 Å². The van der Waals surface area contributed by atoms with Crippen LogP contribution in [0, 0.1) is 0 Å². The normalized spacial score (nSPS) is 27.9. The quantitative estimate of drug-likeness (QED) is 0.362. The van der Waals surface area contributed by atoms with Crippen LogP contribution in [0.4, 0.5) is 0 Å². The molecule has 9 nitrogen and oxygen atoms in total. The molecule has 1 aromatic heterocycles. The summed E-state index contributed by atoms with van der Waals surface area (Å²) in [6, 6.07) is 10.0. The highest BCUT2D eigenvalue weighted by atomic mass is 16.6. The molecule has 0 radical (unpaired) electrons. The van der Waals surface area contributed by atoms with Crippen molar-refractivity contribution in [2.24, 2.45) is 0 Å². The second-order valence-electron chi connectivity index (χ2n) is 7.37. The number of fused-ring (bicyclic) bond motifs is 2.